The Hall–Kier alpha value is -2.37. The second-order valence-corrected chi connectivity index (χ2v) is 5.60. The predicted molar refractivity (Wildman–Crippen MR) is 94.0 cm³/mol. The smallest absolute Gasteiger partial charge is 0.222 e. The van der Waals surface area contributed by atoms with Gasteiger partial charge in [-0.05, 0) is 30.7 Å². The molecule has 0 saturated carbocycles. The topological polar surface area (TPSA) is 73.6 Å². The first-order chi connectivity index (χ1) is 11.6. The zero-order chi connectivity index (χ0) is 17.4. The van der Waals surface area contributed by atoms with Gasteiger partial charge >= 0.3 is 0 Å². The van der Waals surface area contributed by atoms with Crippen LogP contribution in [-0.2, 0) is 16.1 Å². The Morgan fingerprint density at radius 2 is 1.96 bits per heavy atom. The molecule has 2 aromatic rings. The Bertz CT molecular complexity index is 655. The molecule has 0 radical (unpaired) electrons. The van der Waals surface area contributed by atoms with Crippen molar-refractivity contribution in [3.8, 4) is 11.5 Å². The van der Waals surface area contributed by atoms with Gasteiger partial charge < -0.3 is 20.5 Å². The molecular formula is C19H24N2O3. The number of para-hydroxylation sites is 1. The summed E-state index contributed by atoms with van der Waals surface area (Å²) < 4.78 is 11.1. The number of carbonyl (C=O) groups is 1. The van der Waals surface area contributed by atoms with Crippen LogP contribution in [0.1, 0.15) is 17.5 Å². The van der Waals surface area contributed by atoms with Crippen molar-refractivity contribution in [2.75, 3.05) is 13.7 Å². The highest BCUT2D eigenvalue weighted by molar-refractivity contribution is 5.76. The number of rotatable bonds is 8. The van der Waals surface area contributed by atoms with Crippen molar-refractivity contribution in [3.05, 3.63) is 59.7 Å². The van der Waals surface area contributed by atoms with E-state index in [1.54, 1.807) is 7.11 Å². The van der Waals surface area contributed by atoms with Crippen LogP contribution in [0.3, 0.4) is 0 Å². The molecule has 5 heteroatoms. The summed E-state index contributed by atoms with van der Waals surface area (Å²) in [6, 6.07) is 15.5. The number of hydrogen-bond donors (Lipinski definition) is 2. The number of methoxy groups -OCH3 is 1. The van der Waals surface area contributed by atoms with E-state index in [1.165, 1.54) is 0 Å². The van der Waals surface area contributed by atoms with E-state index in [9.17, 15) is 4.79 Å². The van der Waals surface area contributed by atoms with Crippen LogP contribution < -0.4 is 15.8 Å². The average molecular weight is 328 g/mol. The number of ether oxygens (including phenoxy) is 2. The largest absolute Gasteiger partial charge is 0.457 e. The summed E-state index contributed by atoms with van der Waals surface area (Å²) in [4.78, 5) is 12.0. The zero-order valence-corrected chi connectivity index (χ0v) is 14.1. The van der Waals surface area contributed by atoms with Gasteiger partial charge in [-0.3, -0.25) is 4.79 Å². The van der Waals surface area contributed by atoms with Gasteiger partial charge in [-0.15, -0.1) is 0 Å². The van der Waals surface area contributed by atoms with Gasteiger partial charge in [0.25, 0.3) is 0 Å². The number of aryl methyl sites for hydroxylation is 1. The van der Waals surface area contributed by atoms with Crippen molar-refractivity contribution in [2.45, 2.75) is 26.0 Å². The summed E-state index contributed by atoms with van der Waals surface area (Å²) in [7, 11) is 1.55. The Kier molecular flexibility index (Phi) is 6.78. The molecule has 0 aliphatic rings. The lowest BCUT2D eigenvalue weighted by atomic mass is 10.1. The molecule has 128 valence electrons. The van der Waals surface area contributed by atoms with Crippen LogP contribution in [0.25, 0.3) is 0 Å². The van der Waals surface area contributed by atoms with E-state index in [0.717, 1.165) is 22.6 Å². The third-order valence-electron chi connectivity index (χ3n) is 3.68. The van der Waals surface area contributed by atoms with Crippen molar-refractivity contribution in [3.63, 3.8) is 0 Å². The Morgan fingerprint density at radius 1 is 1.21 bits per heavy atom. The normalized spacial score (nSPS) is 11.8. The molecule has 0 bridgehead atoms. The fourth-order valence-corrected chi connectivity index (χ4v) is 2.25. The first-order valence-corrected chi connectivity index (χ1v) is 7.94. The van der Waals surface area contributed by atoms with Crippen LogP contribution in [0.4, 0.5) is 0 Å². The predicted octanol–water partition coefficient (Wildman–Crippen LogP) is 2.77. The molecule has 0 aliphatic heterocycles. The van der Waals surface area contributed by atoms with Gasteiger partial charge in [-0.1, -0.05) is 30.3 Å². The van der Waals surface area contributed by atoms with Crippen molar-refractivity contribution < 1.29 is 14.3 Å². The molecule has 2 aromatic carbocycles. The van der Waals surface area contributed by atoms with Crippen molar-refractivity contribution in [1.82, 2.24) is 5.32 Å². The number of nitrogens with two attached hydrogens (primary N) is 1. The number of benzene rings is 2. The molecular weight excluding hydrogens is 304 g/mol. The maximum atomic E-state index is 12.0. The van der Waals surface area contributed by atoms with Gasteiger partial charge in [0.2, 0.25) is 5.91 Å². The number of hydrogen-bond acceptors (Lipinski definition) is 4. The van der Waals surface area contributed by atoms with E-state index in [-0.39, 0.29) is 18.4 Å². The Labute approximate surface area is 142 Å². The van der Waals surface area contributed by atoms with E-state index in [2.05, 4.69) is 5.32 Å². The highest BCUT2D eigenvalue weighted by Crippen LogP contribution is 2.26. The summed E-state index contributed by atoms with van der Waals surface area (Å²) in [6.07, 6.45) is -0.0173. The molecule has 0 aliphatic carbocycles. The lowest BCUT2D eigenvalue weighted by Crippen LogP contribution is -2.32. The fraction of sp³-hybridized carbons (Fsp3) is 0.316. The van der Waals surface area contributed by atoms with Gasteiger partial charge in [0.05, 0.1) is 12.5 Å². The second-order valence-electron chi connectivity index (χ2n) is 5.60. The first-order valence-electron chi connectivity index (χ1n) is 7.94. The van der Waals surface area contributed by atoms with Gasteiger partial charge in [0.15, 0.2) is 0 Å². The van der Waals surface area contributed by atoms with Crippen molar-refractivity contribution in [1.29, 1.82) is 0 Å². The molecule has 1 atom stereocenters. The first kappa shape index (κ1) is 18.0. The SMILES string of the molecule is COC(CN)CC(=O)NCc1ccc(C)cc1Oc1ccccc1. The summed E-state index contributed by atoms with van der Waals surface area (Å²) >= 11 is 0. The third kappa shape index (κ3) is 5.37. The van der Waals surface area contributed by atoms with Crippen LogP contribution in [0, 0.1) is 6.92 Å². The number of nitrogens with one attached hydrogen (secondary N) is 1. The quantitative estimate of drug-likeness (QED) is 0.781. The Balaban J connectivity index is 2.03. The van der Waals surface area contributed by atoms with Gasteiger partial charge in [-0.2, -0.15) is 0 Å². The summed E-state index contributed by atoms with van der Waals surface area (Å²) in [5.41, 5.74) is 7.55. The minimum Gasteiger partial charge on any atom is -0.457 e. The average Bonchev–Trinajstić information content (AvgIpc) is 2.60. The Morgan fingerprint density at radius 3 is 2.62 bits per heavy atom. The molecule has 0 saturated heterocycles. The van der Waals surface area contributed by atoms with Crippen LogP contribution in [0.15, 0.2) is 48.5 Å². The van der Waals surface area contributed by atoms with E-state index in [0.29, 0.717) is 13.1 Å². The third-order valence-corrected chi connectivity index (χ3v) is 3.68. The molecule has 5 nitrogen and oxygen atoms in total. The molecule has 1 amide bonds. The zero-order valence-electron chi connectivity index (χ0n) is 14.1. The van der Waals surface area contributed by atoms with E-state index in [4.69, 9.17) is 15.2 Å². The highest BCUT2D eigenvalue weighted by Gasteiger charge is 2.12. The van der Waals surface area contributed by atoms with Crippen LogP contribution in [0.5, 0.6) is 11.5 Å². The summed E-state index contributed by atoms with van der Waals surface area (Å²) in [6.45, 7) is 2.71. The van der Waals surface area contributed by atoms with E-state index >= 15 is 0 Å². The maximum absolute atomic E-state index is 12.0. The van der Waals surface area contributed by atoms with E-state index in [1.807, 2.05) is 55.5 Å². The fourth-order valence-electron chi connectivity index (χ4n) is 2.25. The number of carbonyl (C=O) groups excluding carboxylic acids is 1. The van der Waals surface area contributed by atoms with Gasteiger partial charge in [0.1, 0.15) is 11.5 Å². The molecule has 0 spiro atoms. The molecule has 0 aromatic heterocycles. The van der Waals surface area contributed by atoms with Crippen LogP contribution >= 0.6 is 0 Å². The molecule has 24 heavy (non-hydrogen) atoms. The minimum atomic E-state index is -0.261. The van der Waals surface area contributed by atoms with Crippen LogP contribution in [-0.4, -0.2) is 25.7 Å². The van der Waals surface area contributed by atoms with Gasteiger partial charge in [0, 0.05) is 25.8 Å². The number of amides is 1. The molecule has 0 fully saturated rings. The van der Waals surface area contributed by atoms with Crippen LogP contribution in [0.2, 0.25) is 0 Å². The molecule has 2 rings (SSSR count). The second kappa shape index (κ2) is 9.05. The summed E-state index contributed by atoms with van der Waals surface area (Å²) in [5, 5.41) is 2.89. The standard InChI is InChI=1S/C19H24N2O3/c1-14-8-9-15(13-21-19(22)11-17(12-20)23-2)18(10-14)24-16-6-4-3-5-7-16/h3-10,17H,11-13,20H2,1-2H3,(H,21,22). The molecule has 0 heterocycles. The lowest BCUT2D eigenvalue weighted by Gasteiger charge is -2.15. The van der Waals surface area contributed by atoms with E-state index < -0.39 is 0 Å². The molecule has 3 N–H and O–H groups in total. The summed E-state index contributed by atoms with van der Waals surface area (Å²) in [5.74, 6) is 1.40. The highest BCUT2D eigenvalue weighted by atomic mass is 16.5. The maximum Gasteiger partial charge on any atom is 0.222 e. The monoisotopic (exact) mass is 328 g/mol. The minimum absolute atomic E-state index is 0.0986. The lowest BCUT2D eigenvalue weighted by molar-refractivity contribution is -0.123. The molecule has 1 unspecified atom stereocenters. The van der Waals surface area contributed by atoms with Crippen molar-refractivity contribution in [2.24, 2.45) is 5.73 Å². The van der Waals surface area contributed by atoms with Crippen molar-refractivity contribution >= 4 is 5.91 Å². The van der Waals surface area contributed by atoms with Gasteiger partial charge in [-0.25, -0.2) is 0 Å².